The molecule has 0 amide bonds. The highest BCUT2D eigenvalue weighted by molar-refractivity contribution is 5.96. The zero-order valence-corrected chi connectivity index (χ0v) is 13.0. The number of pyridine rings is 1. The molecule has 122 valence electrons. The summed E-state index contributed by atoms with van der Waals surface area (Å²) in [6, 6.07) is 16.0. The molecule has 2 heterocycles. The number of nitrogens with zero attached hydrogens (tertiary/aromatic N) is 1. The minimum absolute atomic E-state index is 0.341. The van der Waals surface area contributed by atoms with E-state index in [1.165, 1.54) is 12.1 Å². The third-order valence-corrected chi connectivity index (χ3v) is 4.15. The van der Waals surface area contributed by atoms with Gasteiger partial charge in [-0.1, -0.05) is 36.4 Å². The summed E-state index contributed by atoms with van der Waals surface area (Å²) in [5.41, 5.74) is 3.72. The molecule has 0 saturated carbocycles. The summed E-state index contributed by atoms with van der Waals surface area (Å²) < 4.78 is 14.0. The summed E-state index contributed by atoms with van der Waals surface area (Å²) in [4.78, 5) is 18.5. The number of aromatic nitrogens is 2. The Balaban J connectivity index is 1.85. The van der Waals surface area contributed by atoms with Gasteiger partial charge < -0.3 is 10.1 Å². The summed E-state index contributed by atoms with van der Waals surface area (Å²) in [6.45, 7) is 0. The summed E-state index contributed by atoms with van der Waals surface area (Å²) >= 11 is 0. The van der Waals surface area contributed by atoms with E-state index in [1.54, 1.807) is 18.5 Å². The number of nitrogens with one attached hydrogen (secondary N) is 1. The molecule has 25 heavy (non-hydrogen) atoms. The predicted octanol–water partition coefficient (Wildman–Crippen LogP) is 4.73. The van der Waals surface area contributed by atoms with Crippen LogP contribution in [0, 0.1) is 5.82 Å². The van der Waals surface area contributed by atoms with E-state index in [0.717, 1.165) is 22.1 Å². The number of aromatic amines is 1. The molecule has 0 unspecified atom stereocenters. The molecule has 4 nitrogen and oxygen atoms in total. The first-order valence-corrected chi connectivity index (χ1v) is 7.69. The normalized spacial score (nSPS) is 10.9. The zero-order valence-electron chi connectivity index (χ0n) is 13.0. The molecule has 2 aromatic carbocycles. The van der Waals surface area contributed by atoms with Gasteiger partial charge >= 0.3 is 5.97 Å². The lowest BCUT2D eigenvalue weighted by Crippen LogP contribution is -2.00. The molecule has 0 radical (unpaired) electrons. The van der Waals surface area contributed by atoms with Crippen LogP contribution in [0.15, 0.2) is 67.0 Å². The van der Waals surface area contributed by atoms with Crippen LogP contribution in [-0.4, -0.2) is 21.0 Å². The van der Waals surface area contributed by atoms with E-state index in [4.69, 9.17) is 5.11 Å². The monoisotopic (exact) mass is 332 g/mol. The fraction of sp³-hybridized carbons (Fsp3) is 0. The van der Waals surface area contributed by atoms with Gasteiger partial charge in [0.1, 0.15) is 11.5 Å². The van der Waals surface area contributed by atoms with E-state index in [1.807, 2.05) is 36.4 Å². The van der Waals surface area contributed by atoms with Crippen LogP contribution >= 0.6 is 0 Å². The molecular weight excluding hydrogens is 319 g/mol. The zero-order chi connectivity index (χ0) is 17.4. The molecule has 4 rings (SSSR count). The lowest BCUT2D eigenvalue weighted by Gasteiger charge is -2.05. The molecule has 0 spiro atoms. The van der Waals surface area contributed by atoms with Crippen molar-refractivity contribution in [2.45, 2.75) is 0 Å². The number of carboxylic acid groups (broad SMARTS) is 1. The molecular formula is C20H13FN2O2. The molecule has 4 aromatic rings. The molecule has 0 fully saturated rings. The van der Waals surface area contributed by atoms with E-state index < -0.39 is 11.8 Å². The van der Waals surface area contributed by atoms with Gasteiger partial charge in [0.2, 0.25) is 0 Å². The van der Waals surface area contributed by atoms with Crippen molar-refractivity contribution < 1.29 is 14.3 Å². The minimum Gasteiger partial charge on any atom is -0.478 e. The standard InChI is InChI=1S/C20H13FN2O2/c21-18-9-13(6-7-15(18)20(24)25)17-11-23-19-16(17)8-14(10-22-19)12-4-2-1-3-5-12/h1-11H,(H,22,23)(H,24,25). The van der Waals surface area contributed by atoms with Gasteiger partial charge in [0.25, 0.3) is 0 Å². The Bertz CT molecular complexity index is 1090. The average Bonchev–Trinajstić information content (AvgIpc) is 3.05. The van der Waals surface area contributed by atoms with Gasteiger partial charge in [-0.25, -0.2) is 14.2 Å². The van der Waals surface area contributed by atoms with Crippen LogP contribution < -0.4 is 0 Å². The maximum Gasteiger partial charge on any atom is 0.338 e. The number of carboxylic acids is 1. The Hall–Kier alpha value is -3.47. The smallest absolute Gasteiger partial charge is 0.338 e. The van der Waals surface area contributed by atoms with Gasteiger partial charge in [-0.05, 0) is 29.3 Å². The fourth-order valence-electron chi connectivity index (χ4n) is 2.89. The lowest BCUT2D eigenvalue weighted by atomic mass is 10.0. The van der Waals surface area contributed by atoms with Gasteiger partial charge in [-0.2, -0.15) is 0 Å². The van der Waals surface area contributed by atoms with Crippen molar-refractivity contribution in [1.82, 2.24) is 9.97 Å². The second-order valence-electron chi connectivity index (χ2n) is 5.69. The van der Waals surface area contributed by atoms with Crippen molar-refractivity contribution in [2.24, 2.45) is 0 Å². The largest absolute Gasteiger partial charge is 0.478 e. The fourth-order valence-corrected chi connectivity index (χ4v) is 2.89. The Morgan fingerprint density at radius 1 is 1.00 bits per heavy atom. The van der Waals surface area contributed by atoms with Crippen molar-refractivity contribution in [3.8, 4) is 22.3 Å². The van der Waals surface area contributed by atoms with Crippen molar-refractivity contribution in [3.05, 3.63) is 78.4 Å². The highest BCUT2D eigenvalue weighted by atomic mass is 19.1. The highest BCUT2D eigenvalue weighted by Gasteiger charge is 2.14. The quantitative estimate of drug-likeness (QED) is 0.570. The third kappa shape index (κ3) is 2.65. The number of halogens is 1. The first-order chi connectivity index (χ1) is 12.1. The van der Waals surface area contributed by atoms with Gasteiger partial charge in [0, 0.05) is 28.9 Å². The number of aromatic carboxylic acids is 1. The number of carbonyl (C=O) groups is 1. The lowest BCUT2D eigenvalue weighted by molar-refractivity contribution is 0.0692. The summed E-state index contributed by atoms with van der Waals surface area (Å²) in [5.74, 6) is -2.04. The topological polar surface area (TPSA) is 66.0 Å². The number of hydrogen-bond donors (Lipinski definition) is 2. The van der Waals surface area contributed by atoms with E-state index in [-0.39, 0.29) is 5.56 Å². The van der Waals surface area contributed by atoms with Gasteiger partial charge in [0.05, 0.1) is 5.56 Å². The first-order valence-electron chi connectivity index (χ1n) is 7.69. The van der Waals surface area contributed by atoms with Gasteiger partial charge in [0.15, 0.2) is 0 Å². The Morgan fingerprint density at radius 2 is 1.80 bits per heavy atom. The Labute approximate surface area is 142 Å². The van der Waals surface area contributed by atoms with Crippen LogP contribution in [0.5, 0.6) is 0 Å². The minimum atomic E-state index is -1.28. The SMILES string of the molecule is O=C(O)c1ccc(-c2c[nH]c3ncc(-c4ccccc4)cc23)cc1F. The molecule has 0 saturated heterocycles. The average molecular weight is 332 g/mol. The van der Waals surface area contributed by atoms with Crippen molar-refractivity contribution in [2.75, 3.05) is 0 Å². The molecule has 5 heteroatoms. The van der Waals surface area contributed by atoms with E-state index in [9.17, 15) is 9.18 Å². The van der Waals surface area contributed by atoms with Crippen molar-refractivity contribution >= 4 is 17.0 Å². The number of fused-ring (bicyclic) bond motifs is 1. The maximum absolute atomic E-state index is 14.0. The first kappa shape index (κ1) is 15.1. The predicted molar refractivity (Wildman–Crippen MR) is 93.9 cm³/mol. The second-order valence-corrected chi connectivity index (χ2v) is 5.69. The van der Waals surface area contributed by atoms with E-state index in [0.29, 0.717) is 11.2 Å². The second kappa shape index (κ2) is 5.87. The van der Waals surface area contributed by atoms with E-state index >= 15 is 0 Å². The van der Waals surface area contributed by atoms with Crippen LogP contribution in [0.3, 0.4) is 0 Å². The van der Waals surface area contributed by atoms with Crippen LogP contribution in [-0.2, 0) is 0 Å². The molecule has 2 aromatic heterocycles. The highest BCUT2D eigenvalue weighted by Crippen LogP contribution is 2.31. The third-order valence-electron chi connectivity index (χ3n) is 4.15. The molecule has 0 aliphatic carbocycles. The Morgan fingerprint density at radius 3 is 2.52 bits per heavy atom. The summed E-state index contributed by atoms with van der Waals surface area (Å²) in [7, 11) is 0. The molecule has 0 aliphatic heterocycles. The van der Waals surface area contributed by atoms with Crippen molar-refractivity contribution in [3.63, 3.8) is 0 Å². The van der Waals surface area contributed by atoms with Crippen LogP contribution in [0.25, 0.3) is 33.3 Å². The molecule has 0 aliphatic rings. The summed E-state index contributed by atoms with van der Waals surface area (Å²) in [6.07, 6.45) is 3.54. The molecule has 0 atom stereocenters. The van der Waals surface area contributed by atoms with Crippen molar-refractivity contribution in [1.29, 1.82) is 0 Å². The van der Waals surface area contributed by atoms with Gasteiger partial charge in [-0.3, -0.25) is 0 Å². The number of H-pyrrole nitrogens is 1. The Kier molecular flexibility index (Phi) is 3.54. The van der Waals surface area contributed by atoms with Crippen LogP contribution in [0.2, 0.25) is 0 Å². The number of benzene rings is 2. The number of hydrogen-bond acceptors (Lipinski definition) is 2. The molecule has 0 bridgehead atoms. The van der Waals surface area contributed by atoms with E-state index in [2.05, 4.69) is 9.97 Å². The maximum atomic E-state index is 14.0. The van der Waals surface area contributed by atoms with Crippen LogP contribution in [0.1, 0.15) is 10.4 Å². The van der Waals surface area contributed by atoms with Gasteiger partial charge in [-0.15, -0.1) is 0 Å². The number of rotatable bonds is 3. The summed E-state index contributed by atoms with van der Waals surface area (Å²) in [5, 5.41) is 9.82. The van der Waals surface area contributed by atoms with Crippen LogP contribution in [0.4, 0.5) is 4.39 Å². The molecule has 2 N–H and O–H groups in total.